The van der Waals surface area contributed by atoms with Crippen molar-refractivity contribution in [3.63, 3.8) is 0 Å². The lowest BCUT2D eigenvalue weighted by atomic mass is 9.98. The van der Waals surface area contributed by atoms with Crippen molar-refractivity contribution in [3.05, 3.63) is 64.6 Å². The first kappa shape index (κ1) is 11.1. The molecule has 4 nitrogen and oxygen atoms in total. The van der Waals surface area contributed by atoms with Crippen molar-refractivity contribution >= 4 is 11.4 Å². The minimum atomic E-state index is 1.04. The van der Waals surface area contributed by atoms with E-state index in [0.717, 1.165) is 6.42 Å². The summed E-state index contributed by atoms with van der Waals surface area (Å²) in [7, 11) is 0. The summed E-state index contributed by atoms with van der Waals surface area (Å²) < 4.78 is 0. The first-order valence-electron chi connectivity index (χ1n) is 5.24. The zero-order valence-electron chi connectivity index (χ0n) is 9.13. The third-order valence-corrected chi connectivity index (χ3v) is 2.68. The second-order valence-electron chi connectivity index (χ2n) is 3.70. The molecule has 1 heterocycles. The standard InChI is InChI=1S/C13H11N.HNO2/c1-3-7-12-10(5-1)9-11-6-2-4-8-13(11)14-12;2-1-3/h1-8,14H,9H2;(H,2,3). The molecule has 0 atom stereocenters. The number of benzene rings is 2. The van der Waals surface area contributed by atoms with Crippen LogP contribution in [0.2, 0.25) is 0 Å². The maximum absolute atomic E-state index is 8.11. The summed E-state index contributed by atoms with van der Waals surface area (Å²) in [6.07, 6.45) is 1.04. The van der Waals surface area contributed by atoms with Gasteiger partial charge in [0.05, 0.1) is 0 Å². The van der Waals surface area contributed by atoms with E-state index in [9.17, 15) is 0 Å². The highest BCUT2D eigenvalue weighted by molar-refractivity contribution is 5.71. The van der Waals surface area contributed by atoms with Gasteiger partial charge < -0.3 is 10.5 Å². The summed E-state index contributed by atoms with van der Waals surface area (Å²) in [4.78, 5) is 8.11. The summed E-state index contributed by atoms with van der Waals surface area (Å²) in [5, 5.41) is 11.3. The maximum Gasteiger partial charge on any atom is 0.152 e. The van der Waals surface area contributed by atoms with Crippen molar-refractivity contribution in [1.29, 1.82) is 0 Å². The number of nitrogens with zero attached hydrogens (tertiary/aromatic N) is 1. The number of para-hydroxylation sites is 2. The molecule has 86 valence electrons. The van der Waals surface area contributed by atoms with E-state index in [4.69, 9.17) is 10.1 Å². The van der Waals surface area contributed by atoms with E-state index in [1.807, 2.05) is 0 Å². The van der Waals surface area contributed by atoms with Gasteiger partial charge >= 0.3 is 0 Å². The Morgan fingerprint density at radius 1 is 0.941 bits per heavy atom. The molecule has 0 radical (unpaired) electrons. The SMILES string of the molecule is O=NO.c1ccc2c(c1)Cc1ccccc1N2. The zero-order valence-corrected chi connectivity index (χ0v) is 9.13. The molecule has 17 heavy (non-hydrogen) atoms. The van der Waals surface area contributed by atoms with Gasteiger partial charge in [-0.1, -0.05) is 36.4 Å². The van der Waals surface area contributed by atoms with Crippen LogP contribution in [0, 0.1) is 4.91 Å². The van der Waals surface area contributed by atoms with E-state index >= 15 is 0 Å². The molecule has 4 heteroatoms. The van der Waals surface area contributed by atoms with Crippen molar-refractivity contribution in [2.45, 2.75) is 6.42 Å². The number of rotatable bonds is 0. The van der Waals surface area contributed by atoms with E-state index < -0.39 is 0 Å². The van der Waals surface area contributed by atoms with Gasteiger partial charge in [0.1, 0.15) is 0 Å². The molecule has 2 aromatic rings. The molecule has 0 spiro atoms. The van der Waals surface area contributed by atoms with E-state index in [-0.39, 0.29) is 0 Å². The van der Waals surface area contributed by atoms with Gasteiger partial charge in [0.15, 0.2) is 5.34 Å². The van der Waals surface area contributed by atoms with Crippen LogP contribution in [-0.2, 0) is 6.42 Å². The molecule has 0 aromatic heterocycles. The van der Waals surface area contributed by atoms with Crippen molar-refractivity contribution in [3.8, 4) is 0 Å². The first-order chi connectivity index (χ1) is 8.35. The molecule has 0 unspecified atom stereocenters. The fourth-order valence-electron chi connectivity index (χ4n) is 1.94. The summed E-state index contributed by atoms with van der Waals surface area (Å²) in [6.45, 7) is 0. The van der Waals surface area contributed by atoms with Crippen LogP contribution >= 0.6 is 0 Å². The van der Waals surface area contributed by atoms with E-state index in [0.29, 0.717) is 0 Å². The van der Waals surface area contributed by atoms with E-state index in [2.05, 4.69) is 53.8 Å². The lowest BCUT2D eigenvalue weighted by Crippen LogP contribution is -2.05. The lowest BCUT2D eigenvalue weighted by molar-refractivity contribution is 0.312. The van der Waals surface area contributed by atoms with Gasteiger partial charge in [-0.15, -0.1) is 4.91 Å². The molecule has 1 aliphatic heterocycles. The Labute approximate surface area is 98.8 Å². The molecule has 0 aliphatic carbocycles. The average Bonchev–Trinajstić information content (AvgIpc) is 2.37. The molecule has 0 bridgehead atoms. The number of hydrogen-bond acceptors (Lipinski definition) is 3. The molecule has 0 saturated carbocycles. The Kier molecular flexibility index (Phi) is 3.35. The predicted octanol–water partition coefficient (Wildman–Crippen LogP) is 3.48. The molecule has 0 amide bonds. The molecular weight excluding hydrogens is 216 g/mol. The monoisotopic (exact) mass is 228 g/mol. The Balaban J connectivity index is 0.000000329. The summed E-state index contributed by atoms with van der Waals surface area (Å²) in [5.41, 5.74) is 5.25. The Morgan fingerprint density at radius 2 is 1.35 bits per heavy atom. The summed E-state index contributed by atoms with van der Waals surface area (Å²) in [6, 6.07) is 16.9. The van der Waals surface area contributed by atoms with E-state index in [1.54, 1.807) is 0 Å². The highest BCUT2D eigenvalue weighted by Crippen LogP contribution is 2.31. The number of nitrogens with one attached hydrogen (secondary N) is 1. The quantitative estimate of drug-likeness (QED) is 0.457. The molecule has 0 fully saturated rings. The fourth-order valence-corrected chi connectivity index (χ4v) is 1.94. The van der Waals surface area contributed by atoms with Gasteiger partial charge in [-0.05, 0) is 23.3 Å². The van der Waals surface area contributed by atoms with Gasteiger partial charge in [0.2, 0.25) is 0 Å². The average molecular weight is 228 g/mol. The van der Waals surface area contributed by atoms with Crippen LogP contribution in [0.3, 0.4) is 0 Å². The highest BCUT2D eigenvalue weighted by atomic mass is 16.6. The largest absolute Gasteiger partial charge is 0.379 e. The van der Waals surface area contributed by atoms with E-state index in [1.165, 1.54) is 27.8 Å². The van der Waals surface area contributed by atoms with Crippen LogP contribution in [0.5, 0.6) is 0 Å². The zero-order chi connectivity index (χ0) is 12.1. The Bertz CT molecular complexity index is 439. The number of hydrogen-bond donors (Lipinski definition) is 2. The number of anilines is 2. The van der Waals surface area contributed by atoms with Crippen LogP contribution in [0.25, 0.3) is 0 Å². The first-order valence-corrected chi connectivity index (χ1v) is 5.24. The fraction of sp³-hybridized carbons (Fsp3) is 0.0769. The van der Waals surface area contributed by atoms with Crippen molar-refractivity contribution in [2.75, 3.05) is 5.32 Å². The predicted molar refractivity (Wildman–Crippen MR) is 66.6 cm³/mol. The third-order valence-electron chi connectivity index (χ3n) is 2.68. The summed E-state index contributed by atoms with van der Waals surface area (Å²) in [5.74, 6) is 0. The molecule has 1 aliphatic rings. The van der Waals surface area contributed by atoms with Gasteiger partial charge in [-0.3, -0.25) is 0 Å². The normalized spacial score (nSPS) is 11.1. The van der Waals surface area contributed by atoms with Crippen molar-refractivity contribution < 1.29 is 5.21 Å². The smallest absolute Gasteiger partial charge is 0.152 e. The Hall–Kier alpha value is -2.36. The third kappa shape index (κ3) is 2.42. The van der Waals surface area contributed by atoms with Crippen LogP contribution in [0.1, 0.15) is 11.1 Å². The molecule has 0 saturated heterocycles. The van der Waals surface area contributed by atoms with Crippen LogP contribution in [0.15, 0.2) is 53.9 Å². The van der Waals surface area contributed by atoms with Crippen LogP contribution < -0.4 is 5.32 Å². The van der Waals surface area contributed by atoms with Gasteiger partial charge in [-0.25, -0.2) is 0 Å². The molecular formula is C13H12N2O2. The minimum absolute atomic E-state index is 1.04. The van der Waals surface area contributed by atoms with Crippen molar-refractivity contribution in [2.24, 2.45) is 5.34 Å². The maximum atomic E-state index is 8.11. The van der Waals surface area contributed by atoms with Crippen LogP contribution in [-0.4, -0.2) is 5.21 Å². The molecule has 3 rings (SSSR count). The molecule has 2 aromatic carbocycles. The second kappa shape index (κ2) is 5.12. The van der Waals surface area contributed by atoms with Crippen molar-refractivity contribution in [1.82, 2.24) is 0 Å². The van der Waals surface area contributed by atoms with Gasteiger partial charge in [0, 0.05) is 17.8 Å². The minimum Gasteiger partial charge on any atom is -0.379 e. The van der Waals surface area contributed by atoms with Crippen LogP contribution in [0.4, 0.5) is 11.4 Å². The summed E-state index contributed by atoms with van der Waals surface area (Å²) >= 11 is 0. The topological polar surface area (TPSA) is 61.7 Å². The van der Waals surface area contributed by atoms with Gasteiger partial charge in [-0.2, -0.15) is 0 Å². The number of fused-ring (bicyclic) bond motifs is 2. The second-order valence-corrected chi connectivity index (χ2v) is 3.70. The molecule has 2 N–H and O–H groups in total. The highest BCUT2D eigenvalue weighted by Gasteiger charge is 2.12. The lowest BCUT2D eigenvalue weighted by Gasteiger charge is -2.20. The van der Waals surface area contributed by atoms with Gasteiger partial charge in [0.25, 0.3) is 0 Å². The Morgan fingerprint density at radius 3 is 1.82 bits per heavy atom.